The third kappa shape index (κ3) is 7.99. The molecule has 0 bridgehead atoms. The van der Waals surface area contributed by atoms with E-state index in [0.717, 1.165) is 36.2 Å². The normalized spacial score (nSPS) is 27.6. The quantitative estimate of drug-likeness (QED) is 0.268. The molecule has 0 unspecified atom stereocenters. The molecule has 3 heteroatoms. The van der Waals surface area contributed by atoms with Gasteiger partial charge in [0.15, 0.2) is 0 Å². The third-order valence-electron chi connectivity index (χ3n) is 7.88. The highest BCUT2D eigenvalue weighted by molar-refractivity contribution is 5.24. The van der Waals surface area contributed by atoms with E-state index in [1.165, 1.54) is 89.2 Å². The van der Waals surface area contributed by atoms with Crippen molar-refractivity contribution >= 4 is 0 Å². The van der Waals surface area contributed by atoms with Gasteiger partial charge in [0.25, 0.3) is 0 Å². The van der Waals surface area contributed by atoms with Crippen molar-refractivity contribution in [1.29, 1.82) is 0 Å². The number of hydrogen-bond donors (Lipinski definition) is 0. The number of hydrogen-bond acceptors (Lipinski definition) is 0. The third-order valence-corrected chi connectivity index (χ3v) is 7.88. The van der Waals surface area contributed by atoms with E-state index in [-0.39, 0.29) is 0 Å². The van der Waals surface area contributed by atoms with Gasteiger partial charge in [-0.25, -0.2) is 0 Å². The fourth-order valence-corrected chi connectivity index (χ4v) is 5.84. The highest BCUT2D eigenvalue weighted by Crippen LogP contribution is 2.42. The van der Waals surface area contributed by atoms with Gasteiger partial charge in [0.1, 0.15) is 0 Å². The molecule has 2 aliphatic rings. The van der Waals surface area contributed by atoms with Gasteiger partial charge in [0, 0.05) is 0 Å². The van der Waals surface area contributed by atoms with Crippen LogP contribution in [0.15, 0.2) is 36.4 Å². The van der Waals surface area contributed by atoms with Crippen molar-refractivity contribution in [2.75, 3.05) is 0 Å². The van der Waals surface area contributed by atoms with E-state index in [4.69, 9.17) is 0 Å². The van der Waals surface area contributed by atoms with Crippen LogP contribution >= 0.6 is 0 Å². The Morgan fingerprint density at radius 2 is 1.45 bits per heavy atom. The van der Waals surface area contributed by atoms with Crippen LogP contribution in [-0.4, -0.2) is 0 Å². The molecule has 0 radical (unpaired) electrons. The molecule has 0 atom stereocenters. The van der Waals surface area contributed by atoms with E-state index < -0.39 is 11.7 Å². The van der Waals surface area contributed by atoms with E-state index in [2.05, 4.69) is 19.1 Å². The van der Waals surface area contributed by atoms with E-state index in [0.29, 0.717) is 5.92 Å². The van der Waals surface area contributed by atoms with Crippen molar-refractivity contribution in [3.8, 4) is 0 Å². The first-order valence-electron chi connectivity index (χ1n) is 12.8. The number of benzene rings is 1. The Morgan fingerprint density at radius 3 is 2.03 bits per heavy atom. The predicted molar refractivity (Wildman–Crippen MR) is 124 cm³/mol. The molecular weight excluding hydrogens is 393 g/mol. The number of aryl methyl sites for hydroxylation is 1. The van der Waals surface area contributed by atoms with E-state index in [1.807, 2.05) is 0 Å². The molecule has 174 valence electrons. The molecule has 0 nitrogen and oxygen atoms in total. The summed E-state index contributed by atoms with van der Waals surface area (Å²) in [5, 5.41) is 0. The highest BCUT2D eigenvalue weighted by atomic mass is 19.4. The molecule has 2 saturated carbocycles. The Kier molecular flexibility index (Phi) is 9.53. The van der Waals surface area contributed by atoms with Gasteiger partial charge in [-0.2, -0.15) is 13.2 Å². The lowest BCUT2D eigenvalue weighted by molar-refractivity contribution is -0.137. The summed E-state index contributed by atoms with van der Waals surface area (Å²) in [5.74, 6) is 3.64. The van der Waals surface area contributed by atoms with E-state index in [9.17, 15) is 13.2 Å². The zero-order chi connectivity index (χ0) is 22.1. The Balaban J connectivity index is 1.31. The van der Waals surface area contributed by atoms with Gasteiger partial charge < -0.3 is 0 Å². The van der Waals surface area contributed by atoms with Crippen molar-refractivity contribution < 1.29 is 13.2 Å². The minimum Gasteiger partial charge on any atom is -0.166 e. The average molecular weight is 435 g/mol. The molecule has 0 saturated heterocycles. The average Bonchev–Trinajstić information content (AvgIpc) is 2.78. The van der Waals surface area contributed by atoms with Crippen LogP contribution in [0.2, 0.25) is 0 Å². The Hall–Kier alpha value is -1.25. The largest absolute Gasteiger partial charge is 0.416 e. The van der Waals surface area contributed by atoms with Gasteiger partial charge in [-0.05, 0) is 92.7 Å². The van der Waals surface area contributed by atoms with E-state index in [1.54, 1.807) is 12.1 Å². The smallest absolute Gasteiger partial charge is 0.166 e. The summed E-state index contributed by atoms with van der Waals surface area (Å²) in [6, 6.07) is 5.61. The van der Waals surface area contributed by atoms with Gasteiger partial charge in [-0.15, -0.1) is 0 Å². The number of allylic oxidation sites excluding steroid dienone is 2. The van der Waals surface area contributed by atoms with Crippen LogP contribution in [0.25, 0.3) is 0 Å². The van der Waals surface area contributed by atoms with Crippen LogP contribution in [-0.2, 0) is 12.6 Å². The topological polar surface area (TPSA) is 0 Å². The zero-order valence-corrected chi connectivity index (χ0v) is 19.3. The predicted octanol–water partition coefficient (Wildman–Crippen LogP) is 9.39. The monoisotopic (exact) mass is 434 g/mol. The van der Waals surface area contributed by atoms with Gasteiger partial charge in [-0.1, -0.05) is 69.7 Å². The van der Waals surface area contributed by atoms with Gasteiger partial charge in [-0.3, -0.25) is 0 Å². The number of unbranched alkanes of at least 4 members (excludes halogenated alkanes) is 2. The van der Waals surface area contributed by atoms with Crippen LogP contribution in [0.4, 0.5) is 13.2 Å². The molecule has 0 aliphatic heterocycles. The first kappa shape index (κ1) is 24.4. The molecule has 0 amide bonds. The fraction of sp³-hybridized carbons (Fsp3) is 0.714. The first-order valence-corrected chi connectivity index (χ1v) is 12.8. The number of halogens is 3. The van der Waals surface area contributed by atoms with Crippen LogP contribution in [0.5, 0.6) is 0 Å². The molecule has 3 rings (SSSR count). The van der Waals surface area contributed by atoms with Crippen molar-refractivity contribution in [3.63, 3.8) is 0 Å². The zero-order valence-electron chi connectivity index (χ0n) is 19.3. The molecule has 0 spiro atoms. The Bertz CT molecular complexity index is 642. The van der Waals surface area contributed by atoms with Crippen LogP contribution in [0.1, 0.15) is 102 Å². The molecule has 0 aromatic heterocycles. The number of alkyl halides is 3. The standard InChI is InChI=1S/C28H41F3/c1-2-3-4-7-22-10-16-25(17-11-22)26-18-12-23(13-19-26)8-5-6-9-24-14-20-27(21-15-24)28(29,30)31/h5,8,14-15,20-23,25-26H,2-4,6-7,9-13,16-19H2,1H3. The lowest BCUT2D eigenvalue weighted by Gasteiger charge is -2.37. The molecular formula is C28H41F3. The molecule has 2 aliphatic carbocycles. The second-order valence-electron chi connectivity index (χ2n) is 10.1. The highest BCUT2D eigenvalue weighted by Gasteiger charge is 2.31. The van der Waals surface area contributed by atoms with Crippen molar-refractivity contribution in [2.45, 2.75) is 103 Å². The summed E-state index contributed by atoms with van der Waals surface area (Å²) < 4.78 is 37.9. The molecule has 1 aromatic carbocycles. The van der Waals surface area contributed by atoms with Gasteiger partial charge in [0.2, 0.25) is 0 Å². The van der Waals surface area contributed by atoms with Crippen molar-refractivity contribution in [1.82, 2.24) is 0 Å². The summed E-state index contributed by atoms with van der Waals surface area (Å²) >= 11 is 0. The maximum atomic E-state index is 12.6. The molecule has 2 fully saturated rings. The summed E-state index contributed by atoms with van der Waals surface area (Å²) in [4.78, 5) is 0. The maximum absolute atomic E-state index is 12.6. The minimum absolute atomic E-state index is 0.562. The lowest BCUT2D eigenvalue weighted by atomic mass is 9.68. The Labute approximate surface area is 187 Å². The van der Waals surface area contributed by atoms with E-state index >= 15 is 0 Å². The number of rotatable bonds is 9. The molecule has 0 N–H and O–H groups in total. The molecule has 0 heterocycles. The summed E-state index contributed by atoms with van der Waals surface area (Å²) in [6.07, 6.45) is 19.0. The second-order valence-corrected chi connectivity index (χ2v) is 10.1. The molecule has 1 aromatic rings. The minimum atomic E-state index is -4.24. The van der Waals surface area contributed by atoms with Gasteiger partial charge in [0.05, 0.1) is 5.56 Å². The van der Waals surface area contributed by atoms with Crippen molar-refractivity contribution in [3.05, 3.63) is 47.5 Å². The van der Waals surface area contributed by atoms with Crippen molar-refractivity contribution in [2.24, 2.45) is 23.7 Å². The summed E-state index contributed by atoms with van der Waals surface area (Å²) in [6.45, 7) is 2.29. The summed E-state index contributed by atoms with van der Waals surface area (Å²) in [7, 11) is 0. The Morgan fingerprint density at radius 1 is 0.839 bits per heavy atom. The maximum Gasteiger partial charge on any atom is 0.416 e. The lowest BCUT2D eigenvalue weighted by Crippen LogP contribution is -2.25. The fourth-order valence-electron chi connectivity index (χ4n) is 5.84. The van der Waals surface area contributed by atoms with Crippen LogP contribution in [0, 0.1) is 23.7 Å². The molecule has 31 heavy (non-hydrogen) atoms. The first-order chi connectivity index (χ1) is 15.0. The van der Waals surface area contributed by atoms with Crippen LogP contribution < -0.4 is 0 Å². The van der Waals surface area contributed by atoms with Gasteiger partial charge >= 0.3 is 6.18 Å². The SMILES string of the molecule is CCCCCC1CCC(C2CCC(C=CCCc3ccc(C(F)(F)F)cc3)CC2)CC1. The van der Waals surface area contributed by atoms with Crippen LogP contribution in [0.3, 0.4) is 0 Å². The second kappa shape index (κ2) is 12.1. The summed E-state index contributed by atoms with van der Waals surface area (Å²) in [5.41, 5.74) is 0.417.